The number of hydrogen-bond donors (Lipinski definition) is 0. The molecule has 1 fully saturated rings. The van der Waals surface area contributed by atoms with Crippen LogP contribution in [0.4, 0.5) is 5.95 Å². The Hall–Kier alpha value is -1.65. The van der Waals surface area contributed by atoms with Crippen molar-refractivity contribution in [1.29, 1.82) is 0 Å². The molecule has 1 aromatic rings. The van der Waals surface area contributed by atoms with Gasteiger partial charge in [0, 0.05) is 38.6 Å². The molecule has 0 radical (unpaired) electrons. The van der Waals surface area contributed by atoms with Gasteiger partial charge < -0.3 is 9.80 Å². The van der Waals surface area contributed by atoms with Gasteiger partial charge in [-0.25, -0.2) is 9.97 Å². The van der Waals surface area contributed by atoms with Gasteiger partial charge in [-0.1, -0.05) is 0 Å². The highest BCUT2D eigenvalue weighted by Gasteiger charge is 2.21. The van der Waals surface area contributed by atoms with E-state index in [0.717, 1.165) is 51.4 Å². The first kappa shape index (κ1) is 12.8. The fourth-order valence-electron chi connectivity index (χ4n) is 2.35. The second kappa shape index (κ2) is 6.33. The summed E-state index contributed by atoms with van der Waals surface area (Å²) >= 11 is 0. The Labute approximate surface area is 108 Å². The van der Waals surface area contributed by atoms with Crippen molar-refractivity contribution in [1.82, 2.24) is 14.9 Å². The molecule has 0 bridgehead atoms. The molecule has 1 aliphatic heterocycles. The predicted molar refractivity (Wildman–Crippen MR) is 70.3 cm³/mol. The number of rotatable bonds is 5. The second-order valence-corrected chi connectivity index (χ2v) is 4.67. The Morgan fingerprint density at radius 1 is 1.39 bits per heavy atom. The summed E-state index contributed by atoms with van der Waals surface area (Å²) in [7, 11) is 0. The first-order valence-electron chi connectivity index (χ1n) is 6.54. The van der Waals surface area contributed by atoms with E-state index in [1.54, 1.807) is 12.4 Å². The average Bonchev–Trinajstić information content (AvgIpc) is 2.46. The van der Waals surface area contributed by atoms with Crippen LogP contribution < -0.4 is 4.90 Å². The second-order valence-electron chi connectivity index (χ2n) is 4.67. The van der Waals surface area contributed by atoms with Crippen molar-refractivity contribution in [2.75, 3.05) is 31.1 Å². The summed E-state index contributed by atoms with van der Waals surface area (Å²) in [4.78, 5) is 23.4. The third-order valence-electron chi connectivity index (χ3n) is 3.50. The minimum Gasteiger partial charge on any atom is -0.345 e. The summed E-state index contributed by atoms with van der Waals surface area (Å²) < 4.78 is 0. The van der Waals surface area contributed by atoms with Crippen molar-refractivity contribution in [2.45, 2.75) is 19.8 Å². The summed E-state index contributed by atoms with van der Waals surface area (Å²) in [6.07, 6.45) is 6.71. The molecule has 18 heavy (non-hydrogen) atoms. The van der Waals surface area contributed by atoms with E-state index in [9.17, 15) is 4.79 Å². The van der Waals surface area contributed by atoms with Gasteiger partial charge in [-0.15, -0.1) is 0 Å². The molecule has 1 saturated heterocycles. The number of nitrogens with zero attached hydrogens (tertiary/aromatic N) is 4. The van der Waals surface area contributed by atoms with Crippen molar-refractivity contribution in [3.8, 4) is 0 Å². The molecule has 1 aromatic heterocycles. The summed E-state index contributed by atoms with van der Waals surface area (Å²) in [5.41, 5.74) is 0. The summed E-state index contributed by atoms with van der Waals surface area (Å²) in [6.45, 7) is 5.65. The number of piperidine rings is 1. The number of carbonyl (C=O) groups is 1. The van der Waals surface area contributed by atoms with Crippen molar-refractivity contribution in [3.05, 3.63) is 18.5 Å². The lowest BCUT2D eigenvalue weighted by atomic mass is 9.96. The van der Waals surface area contributed by atoms with Crippen LogP contribution in [0.2, 0.25) is 0 Å². The van der Waals surface area contributed by atoms with Crippen LogP contribution in [0, 0.1) is 5.92 Å². The molecule has 0 N–H and O–H groups in total. The van der Waals surface area contributed by atoms with Gasteiger partial charge in [-0.05, 0) is 31.7 Å². The molecule has 98 valence electrons. The topological polar surface area (TPSA) is 49.3 Å². The quantitative estimate of drug-likeness (QED) is 0.734. The van der Waals surface area contributed by atoms with Crippen LogP contribution >= 0.6 is 0 Å². The molecule has 0 atom stereocenters. The number of amides is 1. The minimum absolute atomic E-state index is 0.607. The molecule has 5 nitrogen and oxygen atoms in total. The van der Waals surface area contributed by atoms with Crippen LogP contribution in [0.3, 0.4) is 0 Å². The Bertz CT molecular complexity index is 363. The lowest BCUT2D eigenvalue weighted by Gasteiger charge is -2.33. The molecule has 2 heterocycles. The fraction of sp³-hybridized carbons (Fsp3) is 0.615. The molecular formula is C13H20N4O. The predicted octanol–water partition coefficient (Wildman–Crippen LogP) is 1.17. The van der Waals surface area contributed by atoms with E-state index in [1.807, 2.05) is 17.9 Å². The van der Waals surface area contributed by atoms with Gasteiger partial charge in [0.05, 0.1) is 0 Å². The number of carbonyl (C=O) groups excluding carboxylic acids is 1. The monoisotopic (exact) mass is 248 g/mol. The molecule has 0 aliphatic carbocycles. The van der Waals surface area contributed by atoms with E-state index in [1.165, 1.54) is 0 Å². The van der Waals surface area contributed by atoms with Gasteiger partial charge in [0.1, 0.15) is 0 Å². The normalized spacial score (nSPS) is 16.6. The van der Waals surface area contributed by atoms with Crippen molar-refractivity contribution >= 4 is 12.4 Å². The Morgan fingerprint density at radius 3 is 2.61 bits per heavy atom. The molecule has 0 spiro atoms. The van der Waals surface area contributed by atoms with Gasteiger partial charge in [0.2, 0.25) is 12.4 Å². The summed E-state index contributed by atoms with van der Waals surface area (Å²) in [5, 5.41) is 0. The average molecular weight is 248 g/mol. The van der Waals surface area contributed by atoms with Crippen LogP contribution in [0.5, 0.6) is 0 Å². The molecule has 0 unspecified atom stereocenters. The molecular weight excluding hydrogens is 228 g/mol. The molecule has 1 amide bonds. The Balaban J connectivity index is 1.83. The SMILES string of the molecule is CCN(C=O)CC1CCN(c2ncccn2)CC1. The molecule has 5 heteroatoms. The Morgan fingerprint density at radius 2 is 2.06 bits per heavy atom. The molecule has 1 aliphatic rings. The smallest absolute Gasteiger partial charge is 0.225 e. The maximum absolute atomic E-state index is 10.8. The van der Waals surface area contributed by atoms with Crippen LogP contribution in [0.25, 0.3) is 0 Å². The van der Waals surface area contributed by atoms with E-state index in [-0.39, 0.29) is 0 Å². The summed E-state index contributed by atoms with van der Waals surface area (Å²) in [6, 6.07) is 1.83. The zero-order valence-corrected chi connectivity index (χ0v) is 10.8. The van der Waals surface area contributed by atoms with Crippen LogP contribution in [0.1, 0.15) is 19.8 Å². The zero-order valence-electron chi connectivity index (χ0n) is 10.8. The molecule has 0 aromatic carbocycles. The van der Waals surface area contributed by atoms with Gasteiger partial charge in [0.25, 0.3) is 0 Å². The van der Waals surface area contributed by atoms with Crippen molar-refractivity contribution in [3.63, 3.8) is 0 Å². The number of aromatic nitrogens is 2. The van der Waals surface area contributed by atoms with Gasteiger partial charge in [0.15, 0.2) is 0 Å². The fourth-order valence-corrected chi connectivity index (χ4v) is 2.35. The van der Waals surface area contributed by atoms with E-state index in [0.29, 0.717) is 5.92 Å². The van der Waals surface area contributed by atoms with Crippen LogP contribution in [-0.4, -0.2) is 47.5 Å². The Kier molecular flexibility index (Phi) is 4.50. The highest BCUT2D eigenvalue weighted by atomic mass is 16.1. The maximum atomic E-state index is 10.8. The molecule has 2 rings (SSSR count). The van der Waals surface area contributed by atoms with Gasteiger partial charge in [-0.2, -0.15) is 0 Å². The highest BCUT2D eigenvalue weighted by Crippen LogP contribution is 2.20. The number of anilines is 1. The minimum atomic E-state index is 0.607. The van der Waals surface area contributed by atoms with E-state index in [4.69, 9.17) is 0 Å². The van der Waals surface area contributed by atoms with Crippen LogP contribution in [0.15, 0.2) is 18.5 Å². The van der Waals surface area contributed by atoms with E-state index >= 15 is 0 Å². The van der Waals surface area contributed by atoms with Gasteiger partial charge in [-0.3, -0.25) is 4.79 Å². The van der Waals surface area contributed by atoms with E-state index in [2.05, 4.69) is 14.9 Å². The van der Waals surface area contributed by atoms with E-state index < -0.39 is 0 Å². The summed E-state index contributed by atoms with van der Waals surface area (Å²) in [5.74, 6) is 1.42. The maximum Gasteiger partial charge on any atom is 0.225 e. The van der Waals surface area contributed by atoms with Crippen LogP contribution in [-0.2, 0) is 4.79 Å². The number of hydrogen-bond acceptors (Lipinski definition) is 4. The largest absolute Gasteiger partial charge is 0.345 e. The first-order valence-corrected chi connectivity index (χ1v) is 6.54. The first-order chi connectivity index (χ1) is 8.83. The standard InChI is InChI=1S/C13H20N4O/c1-2-16(11-18)10-12-4-8-17(9-5-12)13-14-6-3-7-15-13/h3,6-7,11-12H,2,4-5,8-10H2,1H3. The van der Waals surface area contributed by atoms with Gasteiger partial charge >= 0.3 is 0 Å². The van der Waals surface area contributed by atoms with Crippen molar-refractivity contribution in [2.24, 2.45) is 5.92 Å². The third kappa shape index (κ3) is 3.18. The lowest BCUT2D eigenvalue weighted by molar-refractivity contribution is -0.118. The third-order valence-corrected chi connectivity index (χ3v) is 3.50. The lowest BCUT2D eigenvalue weighted by Crippen LogP contribution is -2.39. The highest BCUT2D eigenvalue weighted by molar-refractivity contribution is 5.46. The van der Waals surface area contributed by atoms with Crippen molar-refractivity contribution < 1.29 is 4.79 Å². The zero-order chi connectivity index (χ0) is 12.8. The molecule has 0 saturated carbocycles.